The SMILES string of the molecule is O=C(O)N1Cc2ccccc2C(CCN2CCC(Cc3ccccc3)CC2)C1. The van der Waals surface area contributed by atoms with Crippen LogP contribution in [0.2, 0.25) is 0 Å². The van der Waals surface area contributed by atoms with Crippen molar-refractivity contribution in [3.8, 4) is 0 Å². The van der Waals surface area contributed by atoms with Crippen LogP contribution in [-0.2, 0) is 13.0 Å². The number of fused-ring (bicyclic) bond motifs is 1. The Labute approximate surface area is 167 Å². The van der Waals surface area contributed by atoms with Crippen molar-refractivity contribution in [1.29, 1.82) is 0 Å². The molecule has 0 bridgehead atoms. The van der Waals surface area contributed by atoms with Gasteiger partial charge in [0.15, 0.2) is 0 Å². The number of amides is 1. The summed E-state index contributed by atoms with van der Waals surface area (Å²) in [5.41, 5.74) is 3.97. The minimum absolute atomic E-state index is 0.308. The van der Waals surface area contributed by atoms with Crippen molar-refractivity contribution in [2.45, 2.75) is 38.1 Å². The molecule has 2 aliphatic rings. The van der Waals surface area contributed by atoms with Gasteiger partial charge >= 0.3 is 6.09 Å². The second kappa shape index (κ2) is 8.78. The van der Waals surface area contributed by atoms with E-state index in [-0.39, 0.29) is 0 Å². The van der Waals surface area contributed by atoms with Crippen LogP contribution in [0.4, 0.5) is 4.79 Å². The monoisotopic (exact) mass is 378 g/mol. The minimum atomic E-state index is -0.804. The summed E-state index contributed by atoms with van der Waals surface area (Å²) in [6.07, 6.45) is 3.94. The third-order valence-corrected chi connectivity index (χ3v) is 6.44. The Kier molecular flexibility index (Phi) is 5.96. The second-order valence-corrected chi connectivity index (χ2v) is 8.32. The zero-order chi connectivity index (χ0) is 19.3. The molecule has 2 aromatic carbocycles. The molecule has 2 heterocycles. The molecular formula is C24H30N2O2. The first-order valence-corrected chi connectivity index (χ1v) is 10.5. The molecule has 0 radical (unpaired) electrons. The van der Waals surface area contributed by atoms with Gasteiger partial charge in [0.2, 0.25) is 0 Å². The van der Waals surface area contributed by atoms with E-state index in [9.17, 15) is 9.90 Å². The normalized spacial score (nSPS) is 20.7. The van der Waals surface area contributed by atoms with Gasteiger partial charge in [0.05, 0.1) is 0 Å². The zero-order valence-corrected chi connectivity index (χ0v) is 16.5. The number of hydrogen-bond acceptors (Lipinski definition) is 2. The fourth-order valence-electron chi connectivity index (χ4n) is 4.80. The number of nitrogens with zero attached hydrogens (tertiary/aromatic N) is 2. The molecule has 1 N–H and O–H groups in total. The molecule has 4 rings (SSSR count). The van der Waals surface area contributed by atoms with Crippen LogP contribution >= 0.6 is 0 Å². The molecule has 1 atom stereocenters. The fourth-order valence-corrected chi connectivity index (χ4v) is 4.80. The van der Waals surface area contributed by atoms with Crippen molar-refractivity contribution in [2.24, 2.45) is 5.92 Å². The molecule has 0 spiro atoms. The zero-order valence-electron chi connectivity index (χ0n) is 16.5. The van der Waals surface area contributed by atoms with Crippen LogP contribution in [0.15, 0.2) is 54.6 Å². The van der Waals surface area contributed by atoms with Gasteiger partial charge < -0.3 is 14.9 Å². The Morgan fingerprint density at radius 1 is 1.00 bits per heavy atom. The lowest BCUT2D eigenvalue weighted by molar-refractivity contribution is 0.129. The molecule has 4 heteroatoms. The van der Waals surface area contributed by atoms with Crippen LogP contribution in [0.3, 0.4) is 0 Å². The lowest BCUT2D eigenvalue weighted by atomic mass is 9.86. The topological polar surface area (TPSA) is 43.8 Å². The Morgan fingerprint density at radius 2 is 1.71 bits per heavy atom. The quantitative estimate of drug-likeness (QED) is 0.826. The van der Waals surface area contributed by atoms with Crippen molar-refractivity contribution in [3.05, 3.63) is 71.3 Å². The molecule has 0 aliphatic carbocycles. The van der Waals surface area contributed by atoms with Crippen LogP contribution in [0.5, 0.6) is 0 Å². The highest BCUT2D eigenvalue weighted by molar-refractivity contribution is 5.65. The summed E-state index contributed by atoms with van der Waals surface area (Å²) in [6.45, 7) is 4.53. The average Bonchev–Trinajstić information content (AvgIpc) is 2.73. The number of carbonyl (C=O) groups is 1. The van der Waals surface area contributed by atoms with Crippen molar-refractivity contribution in [1.82, 2.24) is 9.80 Å². The molecule has 28 heavy (non-hydrogen) atoms. The van der Waals surface area contributed by atoms with E-state index < -0.39 is 6.09 Å². The van der Waals surface area contributed by atoms with E-state index in [4.69, 9.17) is 0 Å². The molecule has 148 valence electrons. The Balaban J connectivity index is 1.29. The smallest absolute Gasteiger partial charge is 0.407 e. The Hall–Kier alpha value is -2.33. The number of hydrogen-bond donors (Lipinski definition) is 1. The number of likely N-dealkylation sites (tertiary alicyclic amines) is 1. The molecule has 1 saturated heterocycles. The predicted octanol–water partition coefficient (Wildman–Crippen LogP) is 4.61. The van der Waals surface area contributed by atoms with E-state index in [1.807, 2.05) is 6.07 Å². The molecule has 0 aromatic heterocycles. The molecule has 0 saturated carbocycles. The second-order valence-electron chi connectivity index (χ2n) is 8.32. The van der Waals surface area contributed by atoms with E-state index in [1.54, 1.807) is 4.90 Å². The summed E-state index contributed by atoms with van der Waals surface area (Å²) in [6, 6.07) is 19.2. The van der Waals surface area contributed by atoms with Gasteiger partial charge in [-0.2, -0.15) is 0 Å². The summed E-state index contributed by atoms with van der Waals surface area (Å²) in [5, 5.41) is 9.46. The number of benzene rings is 2. The molecule has 4 nitrogen and oxygen atoms in total. The Morgan fingerprint density at radius 3 is 2.46 bits per heavy atom. The van der Waals surface area contributed by atoms with Gasteiger partial charge in [0.1, 0.15) is 0 Å². The van der Waals surface area contributed by atoms with Crippen LogP contribution in [0, 0.1) is 5.92 Å². The summed E-state index contributed by atoms with van der Waals surface area (Å²) in [7, 11) is 0. The maximum atomic E-state index is 11.5. The summed E-state index contributed by atoms with van der Waals surface area (Å²) in [5.74, 6) is 1.10. The predicted molar refractivity (Wildman–Crippen MR) is 112 cm³/mol. The van der Waals surface area contributed by atoms with Gasteiger partial charge in [-0.1, -0.05) is 54.6 Å². The standard InChI is InChI=1S/C24H30N2O2/c27-24(28)26-17-21-8-4-5-9-23(21)22(18-26)12-15-25-13-10-20(11-14-25)16-19-6-2-1-3-7-19/h1-9,20,22H,10-18H2,(H,27,28). The van der Waals surface area contributed by atoms with Crippen molar-refractivity contribution in [2.75, 3.05) is 26.2 Å². The van der Waals surface area contributed by atoms with Crippen LogP contribution < -0.4 is 0 Å². The first-order chi connectivity index (χ1) is 13.7. The highest BCUT2D eigenvalue weighted by Crippen LogP contribution is 2.31. The third-order valence-electron chi connectivity index (χ3n) is 6.44. The number of carboxylic acid groups (broad SMARTS) is 1. The first-order valence-electron chi connectivity index (χ1n) is 10.5. The van der Waals surface area contributed by atoms with Crippen LogP contribution in [-0.4, -0.2) is 47.2 Å². The largest absolute Gasteiger partial charge is 0.465 e. The van der Waals surface area contributed by atoms with E-state index in [0.29, 0.717) is 19.0 Å². The van der Waals surface area contributed by atoms with Gasteiger partial charge in [0, 0.05) is 19.0 Å². The number of piperidine rings is 1. The lowest BCUT2D eigenvalue weighted by Gasteiger charge is -2.36. The van der Waals surface area contributed by atoms with Crippen molar-refractivity contribution < 1.29 is 9.90 Å². The molecule has 2 aliphatic heterocycles. The van der Waals surface area contributed by atoms with Crippen molar-refractivity contribution in [3.63, 3.8) is 0 Å². The fraction of sp³-hybridized carbons (Fsp3) is 0.458. The summed E-state index contributed by atoms with van der Waals surface area (Å²) < 4.78 is 0. The van der Waals surface area contributed by atoms with Gasteiger partial charge in [-0.15, -0.1) is 0 Å². The van der Waals surface area contributed by atoms with E-state index in [0.717, 1.165) is 32.0 Å². The van der Waals surface area contributed by atoms with Gasteiger partial charge in [-0.25, -0.2) is 4.79 Å². The maximum Gasteiger partial charge on any atom is 0.407 e. The van der Waals surface area contributed by atoms with Crippen LogP contribution in [0.1, 0.15) is 41.9 Å². The molecule has 2 aromatic rings. The van der Waals surface area contributed by atoms with Gasteiger partial charge in [-0.05, 0) is 67.9 Å². The summed E-state index contributed by atoms with van der Waals surface area (Å²) >= 11 is 0. The lowest BCUT2D eigenvalue weighted by Crippen LogP contribution is -2.40. The summed E-state index contributed by atoms with van der Waals surface area (Å²) in [4.78, 5) is 15.7. The highest BCUT2D eigenvalue weighted by Gasteiger charge is 2.28. The van der Waals surface area contributed by atoms with Crippen molar-refractivity contribution >= 4 is 6.09 Å². The first kappa shape index (κ1) is 19.0. The maximum absolute atomic E-state index is 11.5. The van der Waals surface area contributed by atoms with Gasteiger partial charge in [0.25, 0.3) is 0 Å². The molecular weight excluding hydrogens is 348 g/mol. The number of rotatable bonds is 5. The third kappa shape index (κ3) is 4.56. The van der Waals surface area contributed by atoms with E-state index in [1.165, 1.54) is 36.0 Å². The van der Waals surface area contributed by atoms with E-state index >= 15 is 0 Å². The van der Waals surface area contributed by atoms with Gasteiger partial charge in [-0.3, -0.25) is 0 Å². The minimum Gasteiger partial charge on any atom is -0.465 e. The Bertz CT molecular complexity index is 784. The van der Waals surface area contributed by atoms with E-state index in [2.05, 4.69) is 53.4 Å². The highest BCUT2D eigenvalue weighted by atomic mass is 16.4. The molecule has 1 amide bonds. The average molecular weight is 379 g/mol. The molecule has 1 unspecified atom stereocenters. The van der Waals surface area contributed by atoms with Crippen LogP contribution in [0.25, 0.3) is 0 Å². The molecule has 1 fully saturated rings.